The van der Waals surface area contributed by atoms with Gasteiger partial charge in [0.15, 0.2) is 0 Å². The number of hydrogen-bond acceptors (Lipinski definition) is 1. The molecule has 0 aliphatic carbocycles. The van der Waals surface area contributed by atoms with Crippen LogP contribution in [0.2, 0.25) is 0 Å². The number of carbonyl (C=O) groups excluding carboxylic acids is 1. The van der Waals surface area contributed by atoms with Crippen LogP contribution < -0.4 is 3.30 Å². The molecule has 0 unspecified atom stereocenters. The Kier molecular flexibility index (Phi) is 12.7. The van der Waals surface area contributed by atoms with Crippen LogP contribution in [0.25, 0.3) is 0 Å². The Hall–Kier alpha value is 0.340. The van der Waals surface area contributed by atoms with Crippen LogP contribution >= 0.6 is 0 Å². The molecule has 3 heteroatoms. The number of nitrogens with one attached hydrogen (secondary N) is 1. The number of carbonyl (C=O) groups is 1. The van der Waals surface area contributed by atoms with Gasteiger partial charge in [0.05, 0.1) is 0 Å². The van der Waals surface area contributed by atoms with E-state index in [1.807, 2.05) is 0 Å². The van der Waals surface area contributed by atoms with Crippen LogP contribution in [0.4, 0.5) is 0 Å². The number of hydrogen-bond donors (Lipinski definition) is 1. The molecule has 0 saturated heterocycles. The topological polar surface area (TPSA) is 29.1 Å². The Bertz CT molecular complexity index is 151. The number of rotatable bonds is 10. The normalized spacial score (nSPS) is 10.1. The summed E-state index contributed by atoms with van der Waals surface area (Å²) in [6.45, 7) is 2.25. The van der Waals surface area contributed by atoms with E-state index in [-0.39, 0.29) is 5.91 Å². The van der Waals surface area contributed by atoms with Gasteiger partial charge in [-0.25, -0.2) is 0 Å². The summed E-state index contributed by atoms with van der Waals surface area (Å²) in [6, 6.07) is 0. The predicted octanol–water partition coefficient (Wildman–Crippen LogP) is 3.49. The molecule has 0 fully saturated rings. The monoisotopic (exact) mass is 378 g/mol. The van der Waals surface area contributed by atoms with Crippen molar-refractivity contribution in [2.75, 3.05) is 0 Å². The summed E-state index contributed by atoms with van der Waals surface area (Å²) < 4.78 is 2.79. The second kappa shape index (κ2) is 12.4. The zero-order chi connectivity index (χ0) is 11.4. The van der Waals surface area contributed by atoms with Crippen molar-refractivity contribution in [1.29, 1.82) is 0 Å². The average molecular weight is 377 g/mol. The SMILES string of the molecule is CCCCCCCCCCCC(=O)[NH][Hf]. The van der Waals surface area contributed by atoms with Crippen molar-refractivity contribution in [3.63, 3.8) is 0 Å². The fourth-order valence-electron chi connectivity index (χ4n) is 1.66. The van der Waals surface area contributed by atoms with E-state index in [4.69, 9.17) is 0 Å². The molecule has 0 radical (unpaired) electrons. The van der Waals surface area contributed by atoms with Crippen molar-refractivity contribution in [1.82, 2.24) is 3.30 Å². The molecule has 0 heterocycles. The number of amides is 1. The second-order valence-corrected chi connectivity index (χ2v) is 5.02. The maximum absolute atomic E-state index is 10.9. The van der Waals surface area contributed by atoms with E-state index in [2.05, 4.69) is 10.2 Å². The van der Waals surface area contributed by atoms with Crippen molar-refractivity contribution in [2.24, 2.45) is 0 Å². The molecule has 0 atom stereocenters. The first kappa shape index (κ1) is 15.3. The van der Waals surface area contributed by atoms with Gasteiger partial charge < -0.3 is 0 Å². The summed E-state index contributed by atoms with van der Waals surface area (Å²) in [5.41, 5.74) is 0. The Balaban J connectivity index is 2.95. The van der Waals surface area contributed by atoms with E-state index < -0.39 is 0 Å². The van der Waals surface area contributed by atoms with Gasteiger partial charge >= 0.3 is 103 Å². The predicted molar refractivity (Wildman–Crippen MR) is 60.0 cm³/mol. The van der Waals surface area contributed by atoms with E-state index in [0.29, 0.717) is 0 Å². The third-order valence-electron chi connectivity index (χ3n) is 2.65. The molecular formula is C12H24HfNO. The molecule has 0 bridgehead atoms. The van der Waals surface area contributed by atoms with Crippen molar-refractivity contribution >= 4 is 5.91 Å². The number of unbranched alkanes of at least 4 members (excludes halogenated alkanes) is 8. The third kappa shape index (κ3) is 12.3. The van der Waals surface area contributed by atoms with Gasteiger partial charge in [0, 0.05) is 0 Å². The van der Waals surface area contributed by atoms with Crippen LogP contribution in [-0.4, -0.2) is 5.91 Å². The van der Waals surface area contributed by atoms with Gasteiger partial charge in [-0.3, -0.25) is 0 Å². The van der Waals surface area contributed by atoms with Crippen molar-refractivity contribution in [3.05, 3.63) is 0 Å². The summed E-state index contributed by atoms with van der Waals surface area (Å²) in [4.78, 5) is 10.9. The van der Waals surface area contributed by atoms with Crippen molar-refractivity contribution < 1.29 is 29.5 Å². The molecule has 1 N–H and O–H groups in total. The molecule has 0 aromatic carbocycles. The molecule has 0 aromatic rings. The summed E-state index contributed by atoms with van der Waals surface area (Å²) in [5.74, 6) is 0.240. The van der Waals surface area contributed by atoms with Gasteiger partial charge in [-0.15, -0.1) is 0 Å². The van der Waals surface area contributed by atoms with E-state index in [0.717, 1.165) is 37.5 Å². The van der Waals surface area contributed by atoms with Crippen molar-refractivity contribution in [2.45, 2.75) is 71.1 Å². The van der Waals surface area contributed by atoms with Crippen molar-refractivity contribution in [3.8, 4) is 0 Å². The van der Waals surface area contributed by atoms with Crippen LogP contribution in [-0.2, 0) is 29.5 Å². The van der Waals surface area contributed by atoms with Crippen LogP contribution in [0, 0.1) is 0 Å². The minimum absolute atomic E-state index is 0.240. The molecule has 0 aromatic heterocycles. The molecule has 0 rings (SSSR count). The summed E-state index contributed by atoms with van der Waals surface area (Å²) in [5, 5.41) is 0. The molecule has 2 nitrogen and oxygen atoms in total. The summed E-state index contributed by atoms with van der Waals surface area (Å²) in [7, 11) is 0. The Morgan fingerprint density at radius 1 is 0.933 bits per heavy atom. The Morgan fingerprint density at radius 2 is 1.40 bits per heavy atom. The molecule has 0 aliphatic heterocycles. The molecule has 0 spiro atoms. The van der Waals surface area contributed by atoms with E-state index in [1.54, 1.807) is 0 Å². The molecule has 87 valence electrons. The molecular weight excluding hydrogens is 353 g/mol. The van der Waals surface area contributed by atoms with Gasteiger partial charge in [0.25, 0.3) is 0 Å². The first-order valence-electron chi connectivity index (χ1n) is 6.26. The summed E-state index contributed by atoms with van der Waals surface area (Å²) >= 11 is 0.794. The van der Waals surface area contributed by atoms with Gasteiger partial charge in [-0.05, 0) is 0 Å². The molecule has 0 aliphatic rings. The standard InChI is InChI=1S/C12H25NO.Hf/c1-2-3-4-5-6-7-8-9-10-11-12(13)14;/h2-11H2,1H3,(H2,13,14);/q;+1/p-1. The molecule has 1 amide bonds. The zero-order valence-corrected chi connectivity index (χ0v) is 13.6. The van der Waals surface area contributed by atoms with Gasteiger partial charge in [0.1, 0.15) is 0 Å². The van der Waals surface area contributed by atoms with E-state index in [9.17, 15) is 4.79 Å². The zero-order valence-electron chi connectivity index (χ0n) is 9.98. The van der Waals surface area contributed by atoms with Gasteiger partial charge in [0.2, 0.25) is 0 Å². The van der Waals surface area contributed by atoms with E-state index >= 15 is 0 Å². The van der Waals surface area contributed by atoms with E-state index in [1.165, 1.54) is 51.4 Å². The molecule has 15 heavy (non-hydrogen) atoms. The second-order valence-electron chi connectivity index (χ2n) is 4.13. The first-order chi connectivity index (χ1) is 7.31. The first-order valence-corrected chi connectivity index (χ1v) is 8.06. The van der Waals surface area contributed by atoms with Crippen LogP contribution in [0.3, 0.4) is 0 Å². The van der Waals surface area contributed by atoms with Crippen LogP contribution in [0.5, 0.6) is 0 Å². The third-order valence-corrected chi connectivity index (χ3v) is 3.65. The van der Waals surface area contributed by atoms with Crippen LogP contribution in [0.1, 0.15) is 71.1 Å². The Morgan fingerprint density at radius 3 is 1.87 bits per heavy atom. The minimum atomic E-state index is 0.240. The van der Waals surface area contributed by atoms with Gasteiger partial charge in [-0.1, -0.05) is 6.92 Å². The fraction of sp³-hybridized carbons (Fsp3) is 0.917. The molecule has 0 saturated carbocycles. The average Bonchev–Trinajstić information content (AvgIpc) is 2.26. The van der Waals surface area contributed by atoms with Crippen LogP contribution in [0.15, 0.2) is 0 Å². The Labute approximate surface area is 110 Å². The maximum atomic E-state index is 10.9. The summed E-state index contributed by atoms with van der Waals surface area (Å²) in [6.07, 6.45) is 12.6. The quantitative estimate of drug-likeness (QED) is 0.459. The van der Waals surface area contributed by atoms with Gasteiger partial charge in [-0.2, -0.15) is 0 Å². The fourth-order valence-corrected chi connectivity index (χ4v) is 2.11.